The number of fused-ring (bicyclic) bond motifs is 1. The number of likely N-dealkylation sites (tertiary alicyclic amines) is 1. The number of amides is 2. The number of piperidine rings is 1. The molecule has 1 aromatic carbocycles. The van der Waals surface area contributed by atoms with Gasteiger partial charge in [0.05, 0.1) is 6.61 Å². The highest BCUT2D eigenvalue weighted by Gasteiger charge is 2.21. The van der Waals surface area contributed by atoms with E-state index in [1.54, 1.807) is 11.1 Å². The van der Waals surface area contributed by atoms with E-state index in [1.165, 1.54) is 12.8 Å². The first kappa shape index (κ1) is 18.6. The molecule has 140 valence electrons. The van der Waals surface area contributed by atoms with Gasteiger partial charge in [0.15, 0.2) is 0 Å². The highest BCUT2D eigenvalue weighted by molar-refractivity contribution is 5.85. The molecule has 1 aliphatic heterocycles. The summed E-state index contributed by atoms with van der Waals surface area (Å²) in [6, 6.07) is 8.22. The van der Waals surface area contributed by atoms with Crippen LogP contribution >= 0.6 is 0 Å². The minimum Gasteiger partial charge on any atom is -0.395 e. The van der Waals surface area contributed by atoms with Crippen LogP contribution in [0.3, 0.4) is 0 Å². The van der Waals surface area contributed by atoms with E-state index in [0.29, 0.717) is 13.1 Å². The number of hydrogen-bond acceptors (Lipinski definition) is 4. The van der Waals surface area contributed by atoms with E-state index >= 15 is 0 Å². The summed E-state index contributed by atoms with van der Waals surface area (Å²) in [4.78, 5) is 20.5. The summed E-state index contributed by atoms with van der Waals surface area (Å²) in [6.45, 7) is 3.13. The molecule has 2 aromatic rings. The number of aromatic nitrogens is 1. The first-order valence-electron chi connectivity index (χ1n) is 9.34. The molecule has 1 aromatic heterocycles. The van der Waals surface area contributed by atoms with Crippen LogP contribution in [0.2, 0.25) is 0 Å². The van der Waals surface area contributed by atoms with Crippen molar-refractivity contribution < 1.29 is 9.90 Å². The number of hydrogen-bond donors (Lipinski definition) is 2. The lowest BCUT2D eigenvalue weighted by Gasteiger charge is -2.34. The number of rotatable bonds is 6. The van der Waals surface area contributed by atoms with E-state index in [2.05, 4.69) is 15.2 Å². The number of nitrogens with zero attached hydrogens (tertiary/aromatic N) is 3. The van der Waals surface area contributed by atoms with Crippen LogP contribution in [0.15, 0.2) is 36.7 Å². The third-order valence-electron chi connectivity index (χ3n) is 5.16. The van der Waals surface area contributed by atoms with Gasteiger partial charge < -0.3 is 15.3 Å². The summed E-state index contributed by atoms with van der Waals surface area (Å²) in [5.74, 6) is 0. The minimum atomic E-state index is -0.0754. The molecular weight excluding hydrogens is 328 g/mol. The zero-order valence-electron chi connectivity index (χ0n) is 15.4. The average molecular weight is 356 g/mol. The molecule has 1 fully saturated rings. The number of carbonyl (C=O) groups is 1. The van der Waals surface area contributed by atoms with Crippen LogP contribution < -0.4 is 5.32 Å². The zero-order chi connectivity index (χ0) is 18.4. The standard InChI is InChI=1S/C20H28N4O2/c1-23(14-17-6-4-5-16-13-21-9-8-19(16)17)20(26)22-10-12-24-11-3-2-7-18(24)15-25/h4-6,8-9,13,18,25H,2-3,7,10-12,14-15H2,1H3,(H,22,26)/t18-/m0/s1. The lowest BCUT2D eigenvalue weighted by atomic mass is 10.0. The molecule has 2 amide bonds. The summed E-state index contributed by atoms with van der Waals surface area (Å²) in [5, 5.41) is 14.7. The maximum atomic E-state index is 12.4. The topological polar surface area (TPSA) is 68.7 Å². The van der Waals surface area contributed by atoms with Gasteiger partial charge in [-0.05, 0) is 36.4 Å². The summed E-state index contributed by atoms with van der Waals surface area (Å²) in [7, 11) is 1.81. The Morgan fingerprint density at radius 1 is 1.38 bits per heavy atom. The van der Waals surface area contributed by atoms with Crippen molar-refractivity contribution in [2.24, 2.45) is 0 Å². The maximum absolute atomic E-state index is 12.4. The van der Waals surface area contributed by atoms with Crippen LogP contribution in [0.4, 0.5) is 4.79 Å². The number of nitrogens with one attached hydrogen (secondary N) is 1. The Morgan fingerprint density at radius 2 is 2.27 bits per heavy atom. The Balaban J connectivity index is 1.51. The predicted molar refractivity (Wildman–Crippen MR) is 103 cm³/mol. The Bertz CT molecular complexity index is 731. The van der Waals surface area contributed by atoms with Gasteiger partial charge in [-0.2, -0.15) is 0 Å². The normalized spacial score (nSPS) is 18.0. The van der Waals surface area contributed by atoms with E-state index in [4.69, 9.17) is 0 Å². The predicted octanol–water partition coefficient (Wildman–Crippen LogP) is 2.22. The molecule has 0 unspecified atom stereocenters. The van der Waals surface area contributed by atoms with Crippen LogP contribution in [-0.2, 0) is 6.54 Å². The van der Waals surface area contributed by atoms with Crippen molar-refractivity contribution in [2.45, 2.75) is 31.8 Å². The second kappa shape index (κ2) is 8.96. The molecule has 3 rings (SSSR count). The van der Waals surface area contributed by atoms with Gasteiger partial charge >= 0.3 is 6.03 Å². The maximum Gasteiger partial charge on any atom is 0.317 e. The molecule has 1 atom stereocenters. The lowest BCUT2D eigenvalue weighted by Crippen LogP contribution is -2.47. The second-order valence-electron chi connectivity index (χ2n) is 6.97. The average Bonchev–Trinajstić information content (AvgIpc) is 2.68. The first-order chi connectivity index (χ1) is 12.7. The van der Waals surface area contributed by atoms with Gasteiger partial charge in [-0.3, -0.25) is 9.88 Å². The number of carbonyl (C=O) groups excluding carboxylic acids is 1. The van der Waals surface area contributed by atoms with Gasteiger partial charge in [0.1, 0.15) is 0 Å². The van der Waals surface area contributed by atoms with Crippen molar-refractivity contribution in [3.8, 4) is 0 Å². The van der Waals surface area contributed by atoms with Gasteiger partial charge in [-0.1, -0.05) is 24.6 Å². The van der Waals surface area contributed by atoms with Gasteiger partial charge in [0.25, 0.3) is 0 Å². The summed E-state index contributed by atoms with van der Waals surface area (Å²) in [5.41, 5.74) is 1.11. The van der Waals surface area contributed by atoms with Crippen molar-refractivity contribution in [3.63, 3.8) is 0 Å². The summed E-state index contributed by atoms with van der Waals surface area (Å²) < 4.78 is 0. The van der Waals surface area contributed by atoms with Crippen LogP contribution in [0.5, 0.6) is 0 Å². The molecule has 6 heteroatoms. The Hall–Kier alpha value is -2.18. The third kappa shape index (κ3) is 4.51. The Labute approximate surface area is 154 Å². The fraction of sp³-hybridized carbons (Fsp3) is 0.500. The molecular formula is C20H28N4O2. The van der Waals surface area contributed by atoms with Crippen molar-refractivity contribution in [1.29, 1.82) is 0 Å². The van der Waals surface area contributed by atoms with Crippen LogP contribution in [0, 0.1) is 0 Å². The molecule has 0 aliphatic carbocycles. The number of pyridine rings is 1. The van der Waals surface area contributed by atoms with Gasteiger partial charge in [-0.25, -0.2) is 4.79 Å². The molecule has 0 bridgehead atoms. The van der Waals surface area contributed by atoms with Crippen molar-refractivity contribution in [2.75, 3.05) is 33.3 Å². The highest BCUT2D eigenvalue weighted by atomic mass is 16.3. The fourth-order valence-electron chi connectivity index (χ4n) is 3.66. The fourth-order valence-corrected chi connectivity index (χ4v) is 3.66. The van der Waals surface area contributed by atoms with Crippen molar-refractivity contribution in [3.05, 3.63) is 42.2 Å². The van der Waals surface area contributed by atoms with E-state index in [-0.39, 0.29) is 18.7 Å². The molecule has 2 heterocycles. The van der Waals surface area contributed by atoms with Crippen molar-refractivity contribution in [1.82, 2.24) is 20.1 Å². The van der Waals surface area contributed by atoms with E-state index in [1.807, 2.05) is 37.5 Å². The van der Waals surface area contributed by atoms with E-state index in [0.717, 1.165) is 35.8 Å². The van der Waals surface area contributed by atoms with Gasteiger partial charge in [-0.15, -0.1) is 0 Å². The largest absolute Gasteiger partial charge is 0.395 e. The van der Waals surface area contributed by atoms with Crippen LogP contribution in [0.1, 0.15) is 24.8 Å². The second-order valence-corrected chi connectivity index (χ2v) is 6.97. The lowest BCUT2D eigenvalue weighted by molar-refractivity contribution is 0.0911. The molecule has 6 nitrogen and oxygen atoms in total. The van der Waals surface area contributed by atoms with Gasteiger partial charge in [0.2, 0.25) is 0 Å². The summed E-state index contributed by atoms with van der Waals surface area (Å²) in [6.07, 6.45) is 7.01. The Kier molecular flexibility index (Phi) is 6.41. The monoisotopic (exact) mass is 356 g/mol. The molecule has 2 N–H and O–H groups in total. The molecule has 0 radical (unpaired) electrons. The number of benzene rings is 1. The number of aliphatic hydroxyl groups excluding tert-OH is 1. The third-order valence-corrected chi connectivity index (χ3v) is 5.16. The van der Waals surface area contributed by atoms with Crippen LogP contribution in [-0.4, -0.2) is 65.3 Å². The summed E-state index contributed by atoms with van der Waals surface area (Å²) >= 11 is 0. The Morgan fingerprint density at radius 3 is 3.12 bits per heavy atom. The molecule has 26 heavy (non-hydrogen) atoms. The highest BCUT2D eigenvalue weighted by Crippen LogP contribution is 2.19. The zero-order valence-corrected chi connectivity index (χ0v) is 15.4. The van der Waals surface area contributed by atoms with Gasteiger partial charge in [0, 0.05) is 50.5 Å². The van der Waals surface area contributed by atoms with Crippen LogP contribution in [0.25, 0.3) is 10.8 Å². The minimum absolute atomic E-state index is 0.0754. The van der Waals surface area contributed by atoms with Crippen molar-refractivity contribution >= 4 is 16.8 Å². The molecule has 1 aliphatic rings. The van der Waals surface area contributed by atoms with E-state index < -0.39 is 0 Å². The van der Waals surface area contributed by atoms with E-state index in [9.17, 15) is 9.90 Å². The SMILES string of the molecule is CN(Cc1cccc2cnccc12)C(=O)NCCN1CCCC[C@H]1CO. The smallest absolute Gasteiger partial charge is 0.317 e. The molecule has 0 saturated carbocycles. The quantitative estimate of drug-likeness (QED) is 0.833. The number of urea groups is 1. The first-order valence-corrected chi connectivity index (χ1v) is 9.34. The molecule has 1 saturated heterocycles. The molecule has 0 spiro atoms. The number of aliphatic hydroxyl groups is 1.